The van der Waals surface area contributed by atoms with Crippen molar-refractivity contribution in [1.82, 2.24) is 14.8 Å². The van der Waals surface area contributed by atoms with E-state index in [1.807, 2.05) is 23.7 Å². The highest BCUT2D eigenvalue weighted by molar-refractivity contribution is 9.10. The Balaban J connectivity index is 1.59. The van der Waals surface area contributed by atoms with Crippen molar-refractivity contribution in [2.75, 3.05) is 11.9 Å². The number of rotatable bonds is 4. The molecule has 0 aliphatic heterocycles. The van der Waals surface area contributed by atoms with Crippen LogP contribution >= 0.6 is 27.5 Å². The number of pyridine rings is 1. The first-order valence-electron chi connectivity index (χ1n) is 7.58. The molecule has 0 bridgehead atoms. The summed E-state index contributed by atoms with van der Waals surface area (Å²) in [6.45, 7) is 2.78. The maximum absolute atomic E-state index is 9.21. The third-order valence-corrected chi connectivity index (χ3v) is 5.39. The van der Waals surface area contributed by atoms with Crippen molar-refractivity contribution >= 4 is 33.3 Å². The van der Waals surface area contributed by atoms with Crippen molar-refractivity contribution in [1.29, 1.82) is 5.26 Å². The molecule has 0 amide bonds. The standard InChI is InChI=1S/C16H17BrClN5/c1-10-4-13(7-19)23(22-10)12-3-2-11(5-12)8-20-16-6-15(18)14(17)9-21-16/h4,6,9,11-12H,2-3,5,8H2,1H3,(H,20,21). The van der Waals surface area contributed by atoms with E-state index in [0.717, 1.165) is 41.8 Å². The first kappa shape index (κ1) is 16.3. The number of nitrogens with one attached hydrogen (secondary N) is 1. The molecular formula is C16H17BrClN5. The van der Waals surface area contributed by atoms with Gasteiger partial charge >= 0.3 is 0 Å². The monoisotopic (exact) mass is 393 g/mol. The lowest BCUT2D eigenvalue weighted by Crippen LogP contribution is -2.14. The van der Waals surface area contributed by atoms with E-state index in [0.29, 0.717) is 22.7 Å². The molecule has 0 aromatic carbocycles. The van der Waals surface area contributed by atoms with E-state index in [9.17, 15) is 5.26 Å². The van der Waals surface area contributed by atoms with Gasteiger partial charge in [-0.1, -0.05) is 11.6 Å². The van der Waals surface area contributed by atoms with Gasteiger partial charge in [0.2, 0.25) is 0 Å². The Morgan fingerprint density at radius 2 is 2.30 bits per heavy atom. The number of nitrogens with zero attached hydrogens (tertiary/aromatic N) is 4. The van der Waals surface area contributed by atoms with Gasteiger partial charge in [0.25, 0.3) is 0 Å². The molecule has 0 radical (unpaired) electrons. The molecule has 1 N–H and O–H groups in total. The van der Waals surface area contributed by atoms with Crippen molar-refractivity contribution in [3.05, 3.63) is 39.2 Å². The van der Waals surface area contributed by atoms with E-state index in [1.54, 1.807) is 6.20 Å². The molecule has 2 unspecified atom stereocenters. The molecule has 1 saturated carbocycles. The maximum Gasteiger partial charge on any atom is 0.139 e. The van der Waals surface area contributed by atoms with Crippen LogP contribution in [0.3, 0.4) is 0 Å². The second-order valence-corrected chi connectivity index (χ2v) is 7.19. The first-order valence-corrected chi connectivity index (χ1v) is 8.75. The second-order valence-electron chi connectivity index (χ2n) is 5.92. The zero-order valence-corrected chi connectivity index (χ0v) is 15.1. The first-order chi connectivity index (χ1) is 11.1. The van der Waals surface area contributed by atoms with E-state index in [1.165, 1.54) is 0 Å². The third-order valence-electron chi connectivity index (χ3n) is 4.21. The van der Waals surface area contributed by atoms with E-state index >= 15 is 0 Å². The van der Waals surface area contributed by atoms with E-state index < -0.39 is 0 Å². The number of aromatic nitrogens is 3. The molecule has 2 heterocycles. The molecule has 3 rings (SSSR count). The topological polar surface area (TPSA) is 66.5 Å². The Bertz CT molecular complexity index is 751. The lowest BCUT2D eigenvalue weighted by atomic mass is 10.1. The fourth-order valence-corrected chi connectivity index (χ4v) is 3.46. The number of nitriles is 1. The number of aryl methyl sites for hydroxylation is 1. The normalized spacial score (nSPS) is 20.4. The van der Waals surface area contributed by atoms with Crippen LogP contribution in [-0.4, -0.2) is 21.3 Å². The molecule has 2 atom stereocenters. The quantitative estimate of drug-likeness (QED) is 0.838. The summed E-state index contributed by atoms with van der Waals surface area (Å²) in [4.78, 5) is 4.30. The Hall–Kier alpha value is -1.58. The summed E-state index contributed by atoms with van der Waals surface area (Å²) >= 11 is 9.42. The maximum atomic E-state index is 9.21. The zero-order valence-electron chi connectivity index (χ0n) is 12.8. The van der Waals surface area contributed by atoms with E-state index in [-0.39, 0.29) is 0 Å². The van der Waals surface area contributed by atoms with Gasteiger partial charge < -0.3 is 5.32 Å². The summed E-state index contributed by atoms with van der Waals surface area (Å²) in [5.41, 5.74) is 1.55. The van der Waals surface area contributed by atoms with Crippen molar-refractivity contribution in [3.63, 3.8) is 0 Å². The van der Waals surface area contributed by atoms with Crippen LogP contribution in [0.4, 0.5) is 5.82 Å². The lowest BCUT2D eigenvalue weighted by Gasteiger charge is -2.14. The van der Waals surface area contributed by atoms with Crippen LogP contribution in [0, 0.1) is 24.2 Å². The number of anilines is 1. The minimum absolute atomic E-state index is 0.312. The van der Waals surface area contributed by atoms with Gasteiger partial charge in [-0.2, -0.15) is 10.4 Å². The highest BCUT2D eigenvalue weighted by atomic mass is 79.9. The van der Waals surface area contributed by atoms with Gasteiger partial charge in [0.1, 0.15) is 17.6 Å². The summed E-state index contributed by atoms with van der Waals surface area (Å²) in [5.74, 6) is 1.33. The fourth-order valence-electron chi connectivity index (χ4n) is 3.09. The predicted molar refractivity (Wildman–Crippen MR) is 93.5 cm³/mol. The molecule has 0 spiro atoms. The molecule has 1 aliphatic rings. The molecule has 0 saturated heterocycles. The van der Waals surface area contributed by atoms with Gasteiger partial charge in [0.05, 0.1) is 21.2 Å². The van der Waals surface area contributed by atoms with Crippen LogP contribution in [-0.2, 0) is 0 Å². The van der Waals surface area contributed by atoms with Crippen LogP contribution in [0.25, 0.3) is 0 Å². The molecule has 7 heteroatoms. The molecule has 1 aliphatic carbocycles. The average Bonchev–Trinajstić information content (AvgIpc) is 3.14. The fraction of sp³-hybridized carbons (Fsp3) is 0.438. The Kier molecular flexibility index (Phi) is 4.88. The van der Waals surface area contributed by atoms with Gasteiger partial charge in [0.15, 0.2) is 0 Å². The summed E-state index contributed by atoms with van der Waals surface area (Å²) in [6, 6.07) is 6.21. The predicted octanol–water partition coefficient (Wildman–Crippen LogP) is 4.33. The summed E-state index contributed by atoms with van der Waals surface area (Å²) < 4.78 is 2.69. The molecule has 1 fully saturated rings. The molecule has 23 heavy (non-hydrogen) atoms. The van der Waals surface area contributed by atoms with E-state index in [4.69, 9.17) is 11.6 Å². The van der Waals surface area contributed by atoms with E-state index in [2.05, 4.69) is 37.4 Å². The van der Waals surface area contributed by atoms with Gasteiger partial charge in [0, 0.05) is 18.8 Å². The summed E-state index contributed by atoms with van der Waals surface area (Å²) in [6.07, 6.45) is 4.89. The van der Waals surface area contributed by atoms with Crippen LogP contribution in [0.5, 0.6) is 0 Å². The Labute approximate surface area is 148 Å². The van der Waals surface area contributed by atoms with Crippen LogP contribution in [0.2, 0.25) is 5.02 Å². The van der Waals surface area contributed by atoms with Gasteiger partial charge in [-0.05, 0) is 54.1 Å². The second kappa shape index (κ2) is 6.90. The summed E-state index contributed by atoms with van der Waals surface area (Å²) in [7, 11) is 0. The average molecular weight is 395 g/mol. The molecular weight excluding hydrogens is 378 g/mol. The van der Waals surface area contributed by atoms with Crippen LogP contribution in [0.1, 0.15) is 36.7 Å². The number of halogens is 2. The molecule has 120 valence electrons. The third kappa shape index (κ3) is 3.67. The smallest absolute Gasteiger partial charge is 0.139 e. The Morgan fingerprint density at radius 1 is 1.48 bits per heavy atom. The van der Waals surface area contributed by atoms with Gasteiger partial charge in [-0.3, -0.25) is 4.68 Å². The van der Waals surface area contributed by atoms with Crippen molar-refractivity contribution < 1.29 is 0 Å². The SMILES string of the molecule is Cc1cc(C#N)n(C2CCC(CNc3cc(Cl)c(Br)cn3)C2)n1. The lowest BCUT2D eigenvalue weighted by molar-refractivity contribution is 0.440. The van der Waals surface area contributed by atoms with Crippen molar-refractivity contribution in [2.24, 2.45) is 5.92 Å². The van der Waals surface area contributed by atoms with Gasteiger partial charge in [-0.25, -0.2) is 4.98 Å². The highest BCUT2D eigenvalue weighted by Crippen LogP contribution is 2.35. The largest absolute Gasteiger partial charge is 0.370 e. The minimum Gasteiger partial charge on any atom is -0.370 e. The van der Waals surface area contributed by atoms with Crippen molar-refractivity contribution in [3.8, 4) is 6.07 Å². The molecule has 2 aromatic heterocycles. The van der Waals surface area contributed by atoms with Crippen molar-refractivity contribution in [2.45, 2.75) is 32.2 Å². The van der Waals surface area contributed by atoms with Crippen LogP contribution in [0.15, 0.2) is 22.8 Å². The van der Waals surface area contributed by atoms with Crippen LogP contribution < -0.4 is 5.32 Å². The summed E-state index contributed by atoms with van der Waals surface area (Å²) in [5, 5.41) is 17.7. The highest BCUT2D eigenvalue weighted by Gasteiger charge is 2.28. The minimum atomic E-state index is 0.312. The molecule has 2 aromatic rings. The Morgan fingerprint density at radius 3 is 3.04 bits per heavy atom. The number of hydrogen-bond acceptors (Lipinski definition) is 4. The molecule has 5 nitrogen and oxygen atoms in total. The van der Waals surface area contributed by atoms with Gasteiger partial charge in [-0.15, -0.1) is 0 Å². The number of hydrogen-bond donors (Lipinski definition) is 1. The zero-order chi connectivity index (χ0) is 16.4.